The van der Waals surface area contributed by atoms with Gasteiger partial charge in [0.25, 0.3) is 0 Å². The highest BCUT2D eigenvalue weighted by molar-refractivity contribution is 5.79. The van der Waals surface area contributed by atoms with E-state index in [9.17, 15) is 0 Å². The van der Waals surface area contributed by atoms with E-state index in [0.29, 0.717) is 12.0 Å². The van der Waals surface area contributed by atoms with Gasteiger partial charge in [0.05, 0.1) is 19.8 Å². The van der Waals surface area contributed by atoms with E-state index in [1.807, 2.05) is 18.5 Å². The van der Waals surface area contributed by atoms with E-state index in [1.54, 1.807) is 0 Å². The number of rotatable bonds is 10. The van der Waals surface area contributed by atoms with Crippen LogP contribution in [0.15, 0.2) is 23.5 Å². The molecule has 2 saturated heterocycles. The van der Waals surface area contributed by atoms with Crippen LogP contribution in [0.5, 0.6) is 0 Å². The summed E-state index contributed by atoms with van der Waals surface area (Å²) in [6.45, 7) is 18.0. The Hall–Kier alpha value is -1.97. The van der Waals surface area contributed by atoms with Crippen LogP contribution in [0.4, 0.5) is 5.95 Å². The topological polar surface area (TPSA) is 81.2 Å². The van der Waals surface area contributed by atoms with Gasteiger partial charge >= 0.3 is 0 Å². The van der Waals surface area contributed by atoms with Crippen molar-refractivity contribution < 1.29 is 4.74 Å². The molecule has 2 aliphatic heterocycles. The van der Waals surface area contributed by atoms with E-state index in [0.717, 1.165) is 97.0 Å². The van der Waals surface area contributed by atoms with E-state index in [4.69, 9.17) is 9.73 Å². The minimum absolute atomic E-state index is 0.475. The molecule has 0 saturated carbocycles. The van der Waals surface area contributed by atoms with Gasteiger partial charge in [-0.2, -0.15) is 0 Å². The minimum atomic E-state index is 0.475. The molecule has 3 heterocycles. The summed E-state index contributed by atoms with van der Waals surface area (Å²) in [7, 11) is 0. The number of aromatic nitrogens is 2. The molecular weight excluding hydrogens is 404 g/mol. The number of ether oxygens (including phenoxy) is 1. The van der Waals surface area contributed by atoms with Gasteiger partial charge < -0.3 is 20.3 Å². The number of anilines is 1. The molecule has 0 bridgehead atoms. The van der Waals surface area contributed by atoms with Gasteiger partial charge in [-0.3, -0.25) is 14.8 Å². The van der Waals surface area contributed by atoms with Crippen molar-refractivity contribution in [3.05, 3.63) is 18.5 Å². The summed E-state index contributed by atoms with van der Waals surface area (Å²) in [5, 5.41) is 6.95. The molecule has 9 nitrogen and oxygen atoms in total. The maximum atomic E-state index is 5.54. The van der Waals surface area contributed by atoms with E-state index < -0.39 is 0 Å². The van der Waals surface area contributed by atoms with Crippen LogP contribution in [-0.4, -0.2) is 110 Å². The SMILES string of the molecule is CCNC(=NCC(CC(C)C)N1CCOCC1)NCCN1CCN(c2ncccn2)CC1. The monoisotopic (exact) mass is 446 g/mol. The number of morpholine rings is 1. The fourth-order valence-electron chi connectivity index (χ4n) is 4.32. The van der Waals surface area contributed by atoms with Crippen molar-refractivity contribution in [3.8, 4) is 0 Å². The molecule has 1 unspecified atom stereocenters. The van der Waals surface area contributed by atoms with Crippen molar-refractivity contribution in [2.75, 3.05) is 83.6 Å². The molecule has 32 heavy (non-hydrogen) atoms. The predicted octanol–water partition coefficient (Wildman–Crippen LogP) is 0.901. The first-order chi connectivity index (χ1) is 15.7. The third kappa shape index (κ3) is 8.18. The summed E-state index contributed by atoms with van der Waals surface area (Å²) in [6.07, 6.45) is 4.79. The molecule has 0 spiro atoms. The van der Waals surface area contributed by atoms with Crippen LogP contribution in [0.3, 0.4) is 0 Å². The van der Waals surface area contributed by atoms with Gasteiger partial charge in [0.1, 0.15) is 0 Å². The molecule has 1 aromatic heterocycles. The largest absolute Gasteiger partial charge is 0.379 e. The molecule has 0 aliphatic carbocycles. The van der Waals surface area contributed by atoms with Crippen LogP contribution in [0.25, 0.3) is 0 Å². The standard InChI is InChI=1S/C23H42N8O/c1-4-24-22(28-19-21(18-20(2)3)30-14-16-32-17-15-30)25-8-9-29-10-12-31(13-11-29)23-26-6-5-7-27-23/h5-7,20-21H,4,8-19H2,1-3H3,(H2,24,25,28). The first-order valence-corrected chi connectivity index (χ1v) is 12.2. The van der Waals surface area contributed by atoms with Gasteiger partial charge in [0, 0.05) is 77.3 Å². The molecule has 2 fully saturated rings. The van der Waals surface area contributed by atoms with Gasteiger partial charge in [-0.25, -0.2) is 9.97 Å². The maximum Gasteiger partial charge on any atom is 0.225 e. The van der Waals surface area contributed by atoms with Gasteiger partial charge in [-0.15, -0.1) is 0 Å². The van der Waals surface area contributed by atoms with Crippen LogP contribution in [-0.2, 0) is 4.74 Å². The van der Waals surface area contributed by atoms with Crippen molar-refractivity contribution in [2.45, 2.75) is 33.2 Å². The van der Waals surface area contributed by atoms with Crippen molar-refractivity contribution >= 4 is 11.9 Å². The second-order valence-electron chi connectivity index (χ2n) is 8.96. The summed E-state index contributed by atoms with van der Waals surface area (Å²) in [5.74, 6) is 2.42. The third-order valence-electron chi connectivity index (χ3n) is 6.04. The molecule has 0 aromatic carbocycles. The van der Waals surface area contributed by atoms with Crippen molar-refractivity contribution in [1.29, 1.82) is 0 Å². The Balaban J connectivity index is 1.43. The van der Waals surface area contributed by atoms with E-state index >= 15 is 0 Å². The second kappa shape index (κ2) is 13.5. The molecule has 1 aromatic rings. The lowest BCUT2D eigenvalue weighted by atomic mass is 10.0. The van der Waals surface area contributed by atoms with Crippen LogP contribution < -0.4 is 15.5 Å². The zero-order valence-corrected chi connectivity index (χ0v) is 20.2. The van der Waals surface area contributed by atoms with Gasteiger partial charge in [-0.1, -0.05) is 13.8 Å². The molecule has 1 atom stereocenters. The summed E-state index contributed by atoms with van der Waals surface area (Å²) >= 11 is 0. The smallest absolute Gasteiger partial charge is 0.225 e. The van der Waals surface area contributed by atoms with E-state index in [1.165, 1.54) is 0 Å². The van der Waals surface area contributed by atoms with Crippen LogP contribution >= 0.6 is 0 Å². The number of nitrogens with zero attached hydrogens (tertiary/aromatic N) is 6. The number of hydrogen-bond donors (Lipinski definition) is 2. The fraction of sp³-hybridized carbons (Fsp3) is 0.783. The highest BCUT2D eigenvalue weighted by Gasteiger charge is 2.22. The number of hydrogen-bond acceptors (Lipinski definition) is 7. The fourth-order valence-corrected chi connectivity index (χ4v) is 4.32. The first-order valence-electron chi connectivity index (χ1n) is 12.2. The Kier molecular flexibility index (Phi) is 10.4. The molecule has 0 amide bonds. The second-order valence-corrected chi connectivity index (χ2v) is 8.96. The Morgan fingerprint density at radius 2 is 1.78 bits per heavy atom. The summed E-state index contributed by atoms with van der Waals surface area (Å²) in [4.78, 5) is 21.0. The van der Waals surface area contributed by atoms with Crippen molar-refractivity contribution in [2.24, 2.45) is 10.9 Å². The zero-order chi connectivity index (χ0) is 22.6. The Bertz CT molecular complexity index is 657. The highest BCUT2D eigenvalue weighted by atomic mass is 16.5. The van der Waals surface area contributed by atoms with Gasteiger partial charge in [0.2, 0.25) is 5.95 Å². The Morgan fingerprint density at radius 3 is 2.44 bits per heavy atom. The first kappa shape index (κ1) is 24.7. The zero-order valence-electron chi connectivity index (χ0n) is 20.2. The van der Waals surface area contributed by atoms with Crippen molar-refractivity contribution in [1.82, 2.24) is 30.4 Å². The molecule has 3 rings (SSSR count). The normalized spacial score (nSPS) is 19.9. The lowest BCUT2D eigenvalue weighted by Gasteiger charge is -2.35. The van der Waals surface area contributed by atoms with Crippen molar-refractivity contribution in [3.63, 3.8) is 0 Å². The average Bonchev–Trinajstić information content (AvgIpc) is 2.83. The molecule has 9 heteroatoms. The predicted molar refractivity (Wildman–Crippen MR) is 130 cm³/mol. The van der Waals surface area contributed by atoms with E-state index in [-0.39, 0.29) is 0 Å². The summed E-state index contributed by atoms with van der Waals surface area (Å²) in [6, 6.07) is 2.34. The lowest BCUT2D eigenvalue weighted by Crippen LogP contribution is -2.50. The molecule has 2 N–H and O–H groups in total. The minimum Gasteiger partial charge on any atom is -0.379 e. The number of guanidine groups is 1. The van der Waals surface area contributed by atoms with Crippen LogP contribution in [0, 0.1) is 5.92 Å². The molecule has 0 radical (unpaired) electrons. The lowest BCUT2D eigenvalue weighted by molar-refractivity contribution is 0.0143. The van der Waals surface area contributed by atoms with Crippen LogP contribution in [0.1, 0.15) is 27.2 Å². The Labute approximate surface area is 193 Å². The van der Waals surface area contributed by atoms with Crippen LogP contribution in [0.2, 0.25) is 0 Å². The number of piperazine rings is 1. The number of aliphatic imine (C=N–C) groups is 1. The molecule has 2 aliphatic rings. The summed E-state index contributed by atoms with van der Waals surface area (Å²) in [5.41, 5.74) is 0. The van der Waals surface area contributed by atoms with Gasteiger partial charge in [-0.05, 0) is 25.3 Å². The average molecular weight is 447 g/mol. The summed E-state index contributed by atoms with van der Waals surface area (Å²) < 4.78 is 5.54. The quantitative estimate of drug-likeness (QED) is 0.405. The number of nitrogens with one attached hydrogen (secondary N) is 2. The third-order valence-corrected chi connectivity index (χ3v) is 6.04. The molecule has 180 valence electrons. The molecular formula is C23H42N8O. The van der Waals surface area contributed by atoms with E-state index in [2.05, 4.69) is 56.1 Å². The highest BCUT2D eigenvalue weighted by Crippen LogP contribution is 2.14. The Morgan fingerprint density at radius 1 is 1.06 bits per heavy atom. The maximum absolute atomic E-state index is 5.54. The van der Waals surface area contributed by atoms with Gasteiger partial charge in [0.15, 0.2) is 5.96 Å².